The zero-order valence-corrected chi connectivity index (χ0v) is 26.4. The van der Waals surface area contributed by atoms with Gasteiger partial charge >= 0.3 is 0 Å². The molecule has 0 radical (unpaired) electrons. The Labute approximate surface area is 257 Å². The number of benzene rings is 3. The Bertz CT molecular complexity index is 1430. The zero-order valence-electron chi connectivity index (χ0n) is 24.0. The van der Waals surface area contributed by atoms with Crippen LogP contribution in [0.5, 0.6) is 5.75 Å². The van der Waals surface area contributed by atoms with Crippen LogP contribution in [0.25, 0.3) is 0 Å². The number of amides is 2. The maximum Gasteiger partial charge on any atom is 0.244 e. The van der Waals surface area contributed by atoms with Crippen LogP contribution in [0.2, 0.25) is 0 Å². The fourth-order valence-electron chi connectivity index (χ4n) is 5.00. The molecule has 0 bridgehead atoms. The Morgan fingerprint density at radius 2 is 1.57 bits per heavy atom. The summed E-state index contributed by atoms with van der Waals surface area (Å²) in [6.45, 7) is 1.79. The highest BCUT2D eigenvalue weighted by Gasteiger charge is 2.31. The molecule has 8 nitrogen and oxygen atoms in total. The number of carbonyl (C=O) groups excluding carboxylic acids is 2. The first-order valence-corrected chi connectivity index (χ1v) is 16.8. The third kappa shape index (κ3) is 9.06. The van der Waals surface area contributed by atoms with Gasteiger partial charge in [0.1, 0.15) is 24.9 Å². The average molecular weight is 657 g/mol. The van der Waals surface area contributed by atoms with Crippen molar-refractivity contribution in [3.63, 3.8) is 0 Å². The van der Waals surface area contributed by atoms with Gasteiger partial charge in [0, 0.05) is 17.1 Å². The van der Waals surface area contributed by atoms with E-state index >= 15 is 0 Å². The quantitative estimate of drug-likeness (QED) is 0.272. The van der Waals surface area contributed by atoms with Gasteiger partial charge in [0.2, 0.25) is 21.8 Å². The largest absolute Gasteiger partial charge is 0.489 e. The van der Waals surface area contributed by atoms with E-state index in [2.05, 4.69) is 21.2 Å². The van der Waals surface area contributed by atoms with Crippen molar-refractivity contribution >= 4 is 43.5 Å². The minimum absolute atomic E-state index is 0.0912. The number of rotatable bonds is 12. The second-order valence-corrected chi connectivity index (χ2v) is 13.5. The highest BCUT2D eigenvalue weighted by atomic mass is 79.9. The summed E-state index contributed by atoms with van der Waals surface area (Å²) in [6, 6.07) is 23.1. The van der Waals surface area contributed by atoms with Gasteiger partial charge in [-0.3, -0.25) is 13.9 Å². The fourth-order valence-corrected chi connectivity index (χ4v) is 6.12. The molecule has 1 fully saturated rings. The molecule has 10 heteroatoms. The van der Waals surface area contributed by atoms with Crippen molar-refractivity contribution in [1.29, 1.82) is 0 Å². The van der Waals surface area contributed by atoms with Crippen LogP contribution in [0.15, 0.2) is 83.3 Å². The number of nitrogens with zero attached hydrogens (tertiary/aromatic N) is 2. The number of hydrogen-bond donors (Lipinski definition) is 1. The van der Waals surface area contributed by atoms with Gasteiger partial charge in [-0.15, -0.1) is 0 Å². The van der Waals surface area contributed by atoms with E-state index in [4.69, 9.17) is 4.74 Å². The lowest BCUT2D eigenvalue weighted by Crippen LogP contribution is -2.52. The molecule has 0 unspecified atom stereocenters. The number of carbonyl (C=O) groups is 2. The van der Waals surface area contributed by atoms with E-state index in [0.717, 1.165) is 58.3 Å². The minimum Gasteiger partial charge on any atom is -0.489 e. The maximum absolute atomic E-state index is 13.8. The van der Waals surface area contributed by atoms with Crippen molar-refractivity contribution in [3.05, 3.63) is 94.5 Å². The molecule has 3 aromatic carbocycles. The third-order valence-electron chi connectivity index (χ3n) is 7.44. The van der Waals surface area contributed by atoms with Gasteiger partial charge in [0.25, 0.3) is 0 Å². The number of nitrogens with one attached hydrogen (secondary N) is 1. The molecule has 224 valence electrons. The molecule has 42 heavy (non-hydrogen) atoms. The molecule has 3 aromatic rings. The van der Waals surface area contributed by atoms with E-state index in [9.17, 15) is 18.0 Å². The van der Waals surface area contributed by atoms with E-state index in [1.807, 2.05) is 54.6 Å². The molecule has 1 atom stereocenters. The van der Waals surface area contributed by atoms with Gasteiger partial charge in [-0.2, -0.15) is 0 Å². The summed E-state index contributed by atoms with van der Waals surface area (Å²) in [5.74, 6) is -0.135. The molecule has 4 rings (SSSR count). The van der Waals surface area contributed by atoms with Gasteiger partial charge in [-0.25, -0.2) is 8.42 Å². The van der Waals surface area contributed by atoms with E-state index in [1.54, 1.807) is 31.2 Å². The molecule has 2 amide bonds. The number of hydrogen-bond acceptors (Lipinski definition) is 5. The van der Waals surface area contributed by atoms with Crippen LogP contribution in [-0.2, 0) is 32.8 Å². The molecule has 0 aliphatic heterocycles. The Kier molecular flexibility index (Phi) is 11.0. The van der Waals surface area contributed by atoms with Crippen molar-refractivity contribution in [1.82, 2.24) is 10.2 Å². The maximum atomic E-state index is 13.8. The van der Waals surface area contributed by atoms with Crippen LogP contribution in [0.3, 0.4) is 0 Å². The molecule has 0 spiro atoms. The molecule has 1 aliphatic carbocycles. The van der Waals surface area contributed by atoms with Crippen LogP contribution >= 0.6 is 15.9 Å². The SMILES string of the molecule is C[C@@H](C(=O)NC1CCCCC1)N(Cc1ccc(Br)cc1)C(=O)CN(c1ccc(OCc2ccccc2)cc1)S(C)(=O)=O. The van der Waals surface area contributed by atoms with Crippen molar-refractivity contribution in [3.8, 4) is 5.75 Å². The number of ether oxygens (including phenoxy) is 1. The monoisotopic (exact) mass is 655 g/mol. The summed E-state index contributed by atoms with van der Waals surface area (Å²) < 4.78 is 33.6. The average Bonchev–Trinajstić information content (AvgIpc) is 2.99. The summed E-state index contributed by atoms with van der Waals surface area (Å²) in [6.07, 6.45) is 6.22. The van der Waals surface area contributed by atoms with Gasteiger partial charge in [-0.1, -0.05) is 77.7 Å². The molecule has 1 N–H and O–H groups in total. The fraction of sp³-hybridized carbons (Fsp3) is 0.375. The lowest BCUT2D eigenvalue weighted by molar-refractivity contribution is -0.139. The summed E-state index contributed by atoms with van der Waals surface area (Å²) in [5, 5.41) is 3.11. The third-order valence-corrected chi connectivity index (χ3v) is 9.11. The Morgan fingerprint density at radius 1 is 0.929 bits per heavy atom. The Morgan fingerprint density at radius 3 is 2.19 bits per heavy atom. The molecule has 0 aromatic heterocycles. The lowest BCUT2D eigenvalue weighted by atomic mass is 9.95. The second-order valence-electron chi connectivity index (χ2n) is 10.7. The molecule has 0 heterocycles. The predicted octanol–water partition coefficient (Wildman–Crippen LogP) is 5.66. The Hall–Kier alpha value is -3.37. The van der Waals surface area contributed by atoms with Gasteiger partial charge in [-0.05, 0) is 67.3 Å². The van der Waals surface area contributed by atoms with Gasteiger partial charge in [0.15, 0.2) is 0 Å². The van der Waals surface area contributed by atoms with E-state index in [-0.39, 0.29) is 18.5 Å². The predicted molar refractivity (Wildman–Crippen MR) is 169 cm³/mol. The zero-order chi connectivity index (χ0) is 30.1. The molecular formula is C32H38BrN3O5S. The summed E-state index contributed by atoms with van der Waals surface area (Å²) >= 11 is 3.43. The van der Waals surface area contributed by atoms with E-state index in [0.29, 0.717) is 18.0 Å². The standard InChI is InChI=1S/C32H38BrN3O5S/c1-24(32(38)34-28-11-7-4-8-12-28)35(21-25-13-15-27(33)16-14-25)31(37)22-36(42(2,39)40)29-17-19-30(20-18-29)41-23-26-9-5-3-6-10-26/h3,5-6,9-10,13-20,24,28H,4,7-8,11-12,21-23H2,1-2H3,(H,34,38)/t24-/m0/s1. The molecule has 1 saturated carbocycles. The lowest BCUT2D eigenvalue weighted by Gasteiger charge is -2.33. The van der Waals surface area contributed by atoms with Gasteiger partial charge in [0.05, 0.1) is 11.9 Å². The van der Waals surface area contributed by atoms with Crippen LogP contribution in [0, 0.1) is 0 Å². The molecule has 0 saturated heterocycles. The van der Waals surface area contributed by atoms with Gasteiger partial charge < -0.3 is 15.0 Å². The van der Waals surface area contributed by atoms with Crippen LogP contribution < -0.4 is 14.4 Å². The van der Waals surface area contributed by atoms with Crippen LogP contribution in [-0.4, -0.2) is 50.0 Å². The van der Waals surface area contributed by atoms with Crippen molar-refractivity contribution in [2.45, 2.75) is 64.3 Å². The van der Waals surface area contributed by atoms with Crippen molar-refractivity contribution < 1.29 is 22.7 Å². The summed E-state index contributed by atoms with van der Waals surface area (Å²) in [7, 11) is -3.82. The first-order chi connectivity index (χ1) is 20.1. The first-order valence-electron chi connectivity index (χ1n) is 14.2. The molecular weight excluding hydrogens is 618 g/mol. The topological polar surface area (TPSA) is 96.0 Å². The number of anilines is 1. The minimum atomic E-state index is -3.82. The van der Waals surface area contributed by atoms with Crippen molar-refractivity contribution in [2.75, 3.05) is 17.1 Å². The highest BCUT2D eigenvalue weighted by molar-refractivity contribution is 9.10. The Balaban J connectivity index is 1.51. The van der Waals surface area contributed by atoms with Crippen LogP contribution in [0.4, 0.5) is 5.69 Å². The number of sulfonamides is 1. The smallest absolute Gasteiger partial charge is 0.244 e. The van der Waals surface area contributed by atoms with Crippen LogP contribution in [0.1, 0.15) is 50.2 Å². The second kappa shape index (κ2) is 14.7. The number of halogens is 1. The highest BCUT2D eigenvalue weighted by Crippen LogP contribution is 2.24. The molecule has 1 aliphatic rings. The summed E-state index contributed by atoms with van der Waals surface area (Å²) in [4.78, 5) is 28.6. The summed E-state index contributed by atoms with van der Waals surface area (Å²) in [5.41, 5.74) is 2.17. The van der Waals surface area contributed by atoms with E-state index < -0.39 is 28.5 Å². The van der Waals surface area contributed by atoms with Crippen molar-refractivity contribution in [2.24, 2.45) is 0 Å². The first kappa shape index (κ1) is 31.6. The van der Waals surface area contributed by atoms with E-state index in [1.165, 1.54) is 4.90 Å². The normalized spacial score (nSPS) is 14.5.